The maximum atomic E-state index is 13.4. The van der Waals surface area contributed by atoms with Gasteiger partial charge in [-0.2, -0.15) is 0 Å². The van der Waals surface area contributed by atoms with Gasteiger partial charge in [0.2, 0.25) is 0 Å². The Balaban J connectivity index is 1.29. The number of piperazine rings is 1. The van der Waals surface area contributed by atoms with Crippen LogP contribution in [0.4, 0.5) is 4.39 Å². The topological polar surface area (TPSA) is 32.3 Å². The van der Waals surface area contributed by atoms with E-state index in [2.05, 4.69) is 32.1 Å². The average molecular weight is 421 g/mol. The van der Waals surface area contributed by atoms with Crippen LogP contribution in [0.2, 0.25) is 0 Å². The van der Waals surface area contributed by atoms with E-state index < -0.39 is 0 Å². The molecule has 1 aliphatic rings. The van der Waals surface area contributed by atoms with E-state index in [1.165, 1.54) is 10.9 Å². The smallest absolute Gasteiger partial charge is 0.174 e. The Kier molecular flexibility index (Phi) is 6.19. The summed E-state index contributed by atoms with van der Waals surface area (Å²) in [6, 6.07) is 11.1. The molecule has 0 unspecified atom stereocenters. The van der Waals surface area contributed by atoms with E-state index in [4.69, 9.17) is 0 Å². The third-order valence-electron chi connectivity index (χ3n) is 4.60. The normalized spacial score (nSPS) is 16.1. The van der Waals surface area contributed by atoms with Crippen LogP contribution in [0.15, 0.2) is 40.7 Å². The van der Waals surface area contributed by atoms with Crippen LogP contribution in [0, 0.1) is 5.82 Å². The molecule has 142 valence electrons. The van der Waals surface area contributed by atoms with E-state index in [1.807, 2.05) is 12.3 Å². The highest BCUT2D eigenvalue weighted by Crippen LogP contribution is 2.29. The van der Waals surface area contributed by atoms with E-state index >= 15 is 0 Å². The second kappa shape index (κ2) is 8.79. The SMILES string of the molecule is CSc1nnc(CN2CCN(Cc3ccc(-c4cccc(F)c4)s3)CC2)s1. The van der Waals surface area contributed by atoms with E-state index in [-0.39, 0.29) is 5.82 Å². The van der Waals surface area contributed by atoms with Crippen molar-refractivity contribution in [2.45, 2.75) is 17.4 Å². The summed E-state index contributed by atoms with van der Waals surface area (Å²) in [5.74, 6) is -0.182. The fourth-order valence-electron chi connectivity index (χ4n) is 3.16. The van der Waals surface area contributed by atoms with Crippen LogP contribution >= 0.6 is 34.4 Å². The fourth-order valence-corrected chi connectivity index (χ4v) is 5.56. The van der Waals surface area contributed by atoms with Gasteiger partial charge < -0.3 is 0 Å². The van der Waals surface area contributed by atoms with Gasteiger partial charge >= 0.3 is 0 Å². The fraction of sp³-hybridized carbons (Fsp3) is 0.368. The summed E-state index contributed by atoms with van der Waals surface area (Å²) < 4.78 is 14.5. The van der Waals surface area contributed by atoms with Crippen molar-refractivity contribution < 1.29 is 4.39 Å². The maximum absolute atomic E-state index is 13.4. The molecule has 8 heteroatoms. The Morgan fingerprint density at radius 1 is 1.00 bits per heavy atom. The summed E-state index contributed by atoms with van der Waals surface area (Å²) in [6.45, 7) is 6.08. The molecule has 0 aliphatic carbocycles. The van der Waals surface area contributed by atoms with Crippen LogP contribution in [-0.2, 0) is 13.1 Å². The number of nitrogens with zero attached hydrogens (tertiary/aromatic N) is 4. The molecule has 4 rings (SSSR count). The number of aromatic nitrogens is 2. The first kappa shape index (κ1) is 19.0. The zero-order valence-corrected chi connectivity index (χ0v) is 17.5. The molecule has 0 atom stereocenters. The molecule has 0 amide bonds. The Bertz CT molecular complexity index is 886. The highest BCUT2D eigenvalue weighted by Gasteiger charge is 2.19. The Morgan fingerprint density at radius 3 is 2.48 bits per heavy atom. The molecular formula is C19H21FN4S3. The number of rotatable bonds is 6. The zero-order chi connectivity index (χ0) is 18.6. The summed E-state index contributed by atoms with van der Waals surface area (Å²) in [6.07, 6.45) is 2.04. The molecule has 2 aromatic heterocycles. The van der Waals surface area contributed by atoms with Gasteiger partial charge in [0.15, 0.2) is 4.34 Å². The first-order valence-corrected chi connectivity index (χ1v) is 11.7. The van der Waals surface area contributed by atoms with Gasteiger partial charge in [0, 0.05) is 42.5 Å². The van der Waals surface area contributed by atoms with Gasteiger partial charge in [-0.25, -0.2) is 4.39 Å². The van der Waals surface area contributed by atoms with Crippen LogP contribution in [0.1, 0.15) is 9.88 Å². The van der Waals surface area contributed by atoms with E-state index in [1.54, 1.807) is 46.6 Å². The van der Waals surface area contributed by atoms with Crippen molar-refractivity contribution in [2.24, 2.45) is 0 Å². The molecule has 0 radical (unpaired) electrons. The molecule has 0 saturated carbocycles. The van der Waals surface area contributed by atoms with E-state index in [0.29, 0.717) is 0 Å². The molecule has 0 spiro atoms. The van der Waals surface area contributed by atoms with Crippen molar-refractivity contribution in [1.29, 1.82) is 0 Å². The summed E-state index contributed by atoms with van der Waals surface area (Å²) in [5.41, 5.74) is 0.956. The van der Waals surface area contributed by atoms with E-state index in [9.17, 15) is 4.39 Å². The first-order valence-electron chi connectivity index (χ1n) is 8.85. The number of thiophene rings is 1. The molecule has 1 fully saturated rings. The standard InChI is InChI=1S/C19H21FN4S3/c1-25-19-22-21-18(27-19)13-24-9-7-23(8-10-24)12-16-5-6-17(26-16)14-3-2-4-15(20)11-14/h2-6,11H,7-10,12-13H2,1H3. The molecular weight excluding hydrogens is 399 g/mol. The van der Waals surface area contributed by atoms with Gasteiger partial charge in [0.1, 0.15) is 10.8 Å². The van der Waals surface area contributed by atoms with Crippen LogP contribution in [0.5, 0.6) is 0 Å². The van der Waals surface area contributed by atoms with Gasteiger partial charge in [-0.05, 0) is 36.1 Å². The van der Waals surface area contributed by atoms with Crippen molar-refractivity contribution >= 4 is 34.4 Å². The van der Waals surface area contributed by atoms with Gasteiger partial charge in [-0.15, -0.1) is 21.5 Å². The summed E-state index contributed by atoms with van der Waals surface area (Å²) in [5, 5.41) is 9.55. The van der Waals surface area contributed by atoms with Gasteiger partial charge in [-0.3, -0.25) is 9.80 Å². The Hall–Kier alpha value is -1.32. The second-order valence-electron chi connectivity index (χ2n) is 6.49. The number of thioether (sulfide) groups is 1. The highest BCUT2D eigenvalue weighted by molar-refractivity contribution is 8.00. The van der Waals surface area contributed by atoms with Gasteiger partial charge in [0.05, 0.1) is 6.54 Å². The molecule has 3 heterocycles. The van der Waals surface area contributed by atoms with E-state index in [0.717, 1.165) is 59.1 Å². The number of hydrogen-bond acceptors (Lipinski definition) is 7. The van der Waals surface area contributed by atoms with Crippen LogP contribution in [0.3, 0.4) is 0 Å². The molecule has 1 aliphatic heterocycles. The third-order valence-corrected chi connectivity index (χ3v) is 7.60. The van der Waals surface area contributed by atoms with Crippen molar-refractivity contribution in [2.75, 3.05) is 32.4 Å². The van der Waals surface area contributed by atoms with Crippen LogP contribution in [-0.4, -0.2) is 52.4 Å². The third kappa shape index (κ3) is 4.94. The number of hydrogen-bond donors (Lipinski definition) is 0. The zero-order valence-electron chi connectivity index (χ0n) is 15.1. The minimum Gasteiger partial charge on any atom is -0.296 e. The lowest BCUT2D eigenvalue weighted by atomic mass is 10.2. The minimum absolute atomic E-state index is 0.182. The highest BCUT2D eigenvalue weighted by atomic mass is 32.2. The lowest BCUT2D eigenvalue weighted by molar-refractivity contribution is 0.122. The average Bonchev–Trinajstić information content (AvgIpc) is 3.33. The second-order valence-corrected chi connectivity index (χ2v) is 9.78. The molecule has 1 saturated heterocycles. The van der Waals surface area contributed by atoms with Crippen molar-refractivity contribution in [3.8, 4) is 10.4 Å². The summed E-state index contributed by atoms with van der Waals surface area (Å²) >= 11 is 5.10. The monoisotopic (exact) mass is 420 g/mol. The maximum Gasteiger partial charge on any atom is 0.174 e. The molecule has 27 heavy (non-hydrogen) atoms. The molecule has 1 aromatic carbocycles. The van der Waals surface area contributed by atoms with Gasteiger partial charge in [-0.1, -0.05) is 35.2 Å². The van der Waals surface area contributed by atoms with Crippen molar-refractivity contribution in [1.82, 2.24) is 20.0 Å². The Morgan fingerprint density at radius 2 is 1.78 bits per heavy atom. The summed E-state index contributed by atoms with van der Waals surface area (Å²) in [7, 11) is 0. The molecule has 0 bridgehead atoms. The summed E-state index contributed by atoms with van der Waals surface area (Å²) in [4.78, 5) is 7.40. The van der Waals surface area contributed by atoms with Crippen LogP contribution in [0.25, 0.3) is 10.4 Å². The largest absolute Gasteiger partial charge is 0.296 e. The van der Waals surface area contributed by atoms with Crippen molar-refractivity contribution in [3.05, 3.63) is 52.1 Å². The molecule has 0 N–H and O–H groups in total. The number of benzene rings is 1. The first-order chi connectivity index (χ1) is 13.2. The van der Waals surface area contributed by atoms with Crippen molar-refractivity contribution in [3.63, 3.8) is 0 Å². The molecule has 3 aromatic rings. The minimum atomic E-state index is -0.182. The predicted octanol–water partition coefficient (Wildman–Crippen LogP) is 4.45. The van der Waals surface area contributed by atoms with Gasteiger partial charge in [0.25, 0.3) is 0 Å². The lowest BCUT2D eigenvalue weighted by Gasteiger charge is -2.33. The number of halogens is 1. The molecule has 4 nitrogen and oxygen atoms in total. The predicted molar refractivity (Wildman–Crippen MR) is 112 cm³/mol. The lowest BCUT2D eigenvalue weighted by Crippen LogP contribution is -2.45. The van der Waals surface area contributed by atoms with Crippen LogP contribution < -0.4 is 0 Å². The quantitative estimate of drug-likeness (QED) is 0.550. The Labute approximate surface area is 171 Å².